The highest BCUT2D eigenvalue weighted by Gasteiger charge is 2.21. The molecule has 0 fully saturated rings. The van der Waals surface area contributed by atoms with Crippen LogP contribution in [0.4, 0.5) is 0 Å². The van der Waals surface area contributed by atoms with E-state index in [0.717, 1.165) is 72.3 Å². The van der Waals surface area contributed by atoms with Gasteiger partial charge in [-0.15, -0.1) is 0 Å². The second-order valence-corrected chi connectivity index (χ2v) is 15.8. The monoisotopic (exact) mass is 777 g/mol. The number of rotatable bonds is 5. The first-order valence-electron chi connectivity index (χ1n) is 20.7. The molecule has 0 saturated heterocycles. The lowest BCUT2D eigenvalue weighted by Crippen LogP contribution is -2.01. The molecule has 5 aromatic heterocycles. The fraction of sp³-hybridized carbons (Fsp3) is 0. The smallest absolute Gasteiger partial charge is 0.146 e. The molecule has 0 atom stereocenters. The fourth-order valence-corrected chi connectivity index (χ4v) is 9.76. The largest absolute Gasteiger partial charge is 0.309 e. The Labute approximate surface area is 350 Å². The summed E-state index contributed by atoms with van der Waals surface area (Å²) in [5, 5.41) is 8.12. The Hall–Kier alpha value is -8.28. The minimum Gasteiger partial charge on any atom is -0.309 e. The molecule has 8 aromatic carbocycles. The second kappa shape index (κ2) is 13.1. The molecule has 5 heteroatoms. The normalized spacial score (nSPS) is 11.9. The maximum absolute atomic E-state index is 5.66. The van der Waals surface area contributed by atoms with E-state index in [1.807, 2.05) is 6.07 Å². The van der Waals surface area contributed by atoms with Crippen LogP contribution in [0.25, 0.3) is 116 Å². The lowest BCUT2D eigenvalue weighted by Gasteiger charge is -2.17. The molecule has 0 aliphatic rings. The number of benzene rings is 8. The van der Waals surface area contributed by atoms with E-state index in [4.69, 9.17) is 9.97 Å². The summed E-state index contributed by atoms with van der Waals surface area (Å²) >= 11 is 0. The molecule has 0 aliphatic heterocycles. The lowest BCUT2D eigenvalue weighted by molar-refractivity contribution is 1.13. The predicted octanol–water partition coefficient (Wildman–Crippen LogP) is 14.2. The molecule has 13 rings (SSSR count). The van der Waals surface area contributed by atoms with Crippen molar-refractivity contribution in [3.05, 3.63) is 213 Å². The van der Waals surface area contributed by atoms with Gasteiger partial charge in [-0.1, -0.05) is 152 Å². The Bertz CT molecular complexity index is 3630. The molecule has 13 aromatic rings. The van der Waals surface area contributed by atoms with Crippen molar-refractivity contribution in [1.29, 1.82) is 0 Å². The molecule has 0 spiro atoms. The van der Waals surface area contributed by atoms with Crippen LogP contribution in [-0.2, 0) is 0 Å². The van der Waals surface area contributed by atoms with Crippen LogP contribution in [0.15, 0.2) is 213 Å². The van der Waals surface area contributed by atoms with E-state index in [2.05, 4.69) is 220 Å². The van der Waals surface area contributed by atoms with E-state index < -0.39 is 0 Å². The van der Waals surface area contributed by atoms with E-state index in [1.54, 1.807) is 0 Å². The van der Waals surface area contributed by atoms with Crippen LogP contribution in [0.1, 0.15) is 0 Å². The molecule has 0 bridgehead atoms. The number of hydrogen-bond acceptors (Lipinski definition) is 2. The summed E-state index contributed by atoms with van der Waals surface area (Å²) in [7, 11) is 0. The number of nitrogens with zero attached hydrogens (tertiary/aromatic N) is 5. The van der Waals surface area contributed by atoms with Gasteiger partial charge in [0.15, 0.2) is 0 Å². The first-order chi connectivity index (χ1) is 30.3. The highest BCUT2D eigenvalue weighted by molar-refractivity contribution is 6.19. The number of fused-ring (bicyclic) bond motifs is 11. The number of pyridine rings is 2. The van der Waals surface area contributed by atoms with Gasteiger partial charge in [0.25, 0.3) is 0 Å². The maximum Gasteiger partial charge on any atom is 0.146 e. The molecular formula is C56H35N5. The summed E-state index contributed by atoms with van der Waals surface area (Å²) < 4.78 is 7.01. The van der Waals surface area contributed by atoms with Crippen molar-refractivity contribution in [3.63, 3.8) is 0 Å². The minimum atomic E-state index is 0.906. The van der Waals surface area contributed by atoms with Crippen LogP contribution in [0, 0.1) is 0 Å². The zero-order valence-electron chi connectivity index (χ0n) is 32.9. The SMILES string of the molecule is c1ccc(-c2cn3ccc4c(-c5ccccc5)nc5c(-c6cc(-n7c8ccccc8c8ccccc87)cc(-n7c8ccccc8c8ccccc87)c6)cccc5c4c3n2)cc1. The summed E-state index contributed by atoms with van der Waals surface area (Å²) in [5.74, 6) is 0. The van der Waals surface area contributed by atoms with Crippen molar-refractivity contribution in [2.75, 3.05) is 0 Å². The lowest BCUT2D eigenvalue weighted by atomic mass is 9.96. The quantitative estimate of drug-likeness (QED) is 0.163. The summed E-state index contributed by atoms with van der Waals surface area (Å²) in [6, 6.07) is 71.8. The van der Waals surface area contributed by atoms with Crippen molar-refractivity contribution >= 4 is 70.9 Å². The van der Waals surface area contributed by atoms with Crippen LogP contribution in [-0.4, -0.2) is 23.5 Å². The zero-order chi connectivity index (χ0) is 40.0. The number of hydrogen-bond donors (Lipinski definition) is 0. The van der Waals surface area contributed by atoms with Gasteiger partial charge in [-0.2, -0.15) is 0 Å². The van der Waals surface area contributed by atoms with Crippen LogP contribution >= 0.6 is 0 Å². The molecule has 0 aliphatic carbocycles. The van der Waals surface area contributed by atoms with Gasteiger partial charge in [-0.25, -0.2) is 9.97 Å². The van der Waals surface area contributed by atoms with E-state index in [1.165, 1.54) is 43.6 Å². The molecule has 0 radical (unpaired) electrons. The Morgan fingerprint density at radius 2 is 0.852 bits per heavy atom. The highest BCUT2D eigenvalue weighted by atomic mass is 15.0. The summed E-state index contributed by atoms with van der Waals surface area (Å²) in [6.07, 6.45) is 4.25. The van der Waals surface area contributed by atoms with Gasteiger partial charge in [0.05, 0.1) is 39.0 Å². The van der Waals surface area contributed by atoms with Gasteiger partial charge < -0.3 is 13.5 Å². The van der Waals surface area contributed by atoms with E-state index in [-0.39, 0.29) is 0 Å². The fourth-order valence-electron chi connectivity index (χ4n) is 9.76. The third-order valence-electron chi connectivity index (χ3n) is 12.4. The van der Waals surface area contributed by atoms with Gasteiger partial charge >= 0.3 is 0 Å². The molecule has 0 unspecified atom stereocenters. The van der Waals surface area contributed by atoms with Gasteiger partial charge in [0.1, 0.15) is 5.65 Å². The second-order valence-electron chi connectivity index (χ2n) is 15.8. The van der Waals surface area contributed by atoms with Crippen molar-refractivity contribution in [2.45, 2.75) is 0 Å². The van der Waals surface area contributed by atoms with E-state index in [9.17, 15) is 0 Å². The number of para-hydroxylation sites is 5. The average molecular weight is 778 g/mol. The third-order valence-corrected chi connectivity index (χ3v) is 12.4. The van der Waals surface area contributed by atoms with Gasteiger partial charge in [0, 0.05) is 78.2 Å². The molecule has 0 saturated carbocycles. The van der Waals surface area contributed by atoms with Crippen LogP contribution < -0.4 is 0 Å². The van der Waals surface area contributed by atoms with Crippen LogP contribution in [0.3, 0.4) is 0 Å². The van der Waals surface area contributed by atoms with Crippen LogP contribution in [0.2, 0.25) is 0 Å². The van der Waals surface area contributed by atoms with Gasteiger partial charge in [0.2, 0.25) is 0 Å². The van der Waals surface area contributed by atoms with Gasteiger partial charge in [-0.05, 0) is 54.1 Å². The molecule has 5 nitrogen and oxygen atoms in total. The molecule has 5 heterocycles. The first-order valence-corrected chi connectivity index (χ1v) is 20.7. The Morgan fingerprint density at radius 3 is 1.41 bits per heavy atom. The standard InChI is InChI=1S/C56H35N5/c1-3-16-36(17-4-1)48-35-59-31-30-47-53(56(59)57-48)46-25-15-24-41(55(46)58-54(47)37-18-5-2-6-19-37)38-32-39(60-49-26-11-7-20-42(49)43-21-8-12-27-50(43)60)34-40(33-38)61-51-28-13-9-22-44(51)45-23-10-14-29-52(45)61/h1-35H. The summed E-state index contributed by atoms with van der Waals surface area (Å²) in [6.45, 7) is 0. The van der Waals surface area contributed by atoms with Crippen molar-refractivity contribution in [2.24, 2.45) is 0 Å². The zero-order valence-corrected chi connectivity index (χ0v) is 32.9. The third kappa shape index (κ3) is 5.08. The molecule has 284 valence electrons. The number of aromatic nitrogens is 5. The summed E-state index contributed by atoms with van der Waals surface area (Å²) in [4.78, 5) is 11.0. The molecular weight excluding hydrogens is 743 g/mol. The Morgan fingerprint density at radius 1 is 0.361 bits per heavy atom. The Kier molecular flexibility index (Phi) is 7.24. The molecule has 0 N–H and O–H groups in total. The van der Waals surface area contributed by atoms with Crippen LogP contribution in [0.5, 0.6) is 0 Å². The van der Waals surface area contributed by atoms with Crippen molar-refractivity contribution in [3.8, 4) is 45.0 Å². The Balaban J connectivity index is 1.16. The summed E-state index contributed by atoms with van der Waals surface area (Å²) in [5.41, 5.74) is 14.8. The van der Waals surface area contributed by atoms with E-state index in [0.29, 0.717) is 0 Å². The van der Waals surface area contributed by atoms with E-state index >= 15 is 0 Å². The van der Waals surface area contributed by atoms with Gasteiger partial charge in [-0.3, -0.25) is 0 Å². The highest BCUT2D eigenvalue weighted by Crippen LogP contribution is 2.42. The maximum atomic E-state index is 5.66. The first kappa shape index (κ1) is 33.7. The van der Waals surface area contributed by atoms with Crippen molar-refractivity contribution in [1.82, 2.24) is 23.5 Å². The predicted molar refractivity (Wildman–Crippen MR) is 253 cm³/mol. The van der Waals surface area contributed by atoms with Crippen molar-refractivity contribution < 1.29 is 0 Å². The molecule has 61 heavy (non-hydrogen) atoms. The number of imidazole rings is 1. The topological polar surface area (TPSA) is 40.0 Å². The minimum absolute atomic E-state index is 0.906. The average Bonchev–Trinajstić information content (AvgIpc) is 4.02. The molecule has 0 amide bonds.